The summed E-state index contributed by atoms with van der Waals surface area (Å²) >= 11 is 0. The fourth-order valence-electron chi connectivity index (χ4n) is 2.79. The van der Waals surface area contributed by atoms with Crippen molar-refractivity contribution < 1.29 is 0 Å². The molecule has 1 aromatic heterocycles. The van der Waals surface area contributed by atoms with E-state index in [2.05, 4.69) is 54.5 Å². The van der Waals surface area contributed by atoms with Crippen LogP contribution in [-0.2, 0) is 6.54 Å². The summed E-state index contributed by atoms with van der Waals surface area (Å²) in [6, 6.07) is 10.6. The van der Waals surface area contributed by atoms with Crippen molar-refractivity contribution in [3.05, 3.63) is 41.6 Å². The van der Waals surface area contributed by atoms with Crippen molar-refractivity contribution in [3.8, 4) is 0 Å². The zero-order valence-electron chi connectivity index (χ0n) is 13.5. The fourth-order valence-corrected chi connectivity index (χ4v) is 2.79. The zero-order valence-corrected chi connectivity index (χ0v) is 13.5. The molecule has 1 aromatic carbocycles. The Morgan fingerprint density at radius 3 is 2.62 bits per heavy atom. The Morgan fingerprint density at radius 1 is 1.00 bits per heavy atom. The van der Waals surface area contributed by atoms with E-state index in [1.54, 1.807) is 0 Å². The summed E-state index contributed by atoms with van der Waals surface area (Å²) in [7, 11) is 0. The quantitative estimate of drug-likeness (QED) is 0.656. The van der Waals surface area contributed by atoms with Crippen LogP contribution >= 0.6 is 0 Å². The number of hydrogen-bond acceptors (Lipinski definition) is 2. The van der Waals surface area contributed by atoms with Crippen LogP contribution in [0.4, 0.5) is 0 Å². The van der Waals surface area contributed by atoms with E-state index in [0.717, 1.165) is 24.3 Å². The van der Waals surface area contributed by atoms with Gasteiger partial charge in [-0.3, -0.25) is 4.98 Å². The van der Waals surface area contributed by atoms with Crippen molar-refractivity contribution in [1.82, 2.24) is 10.3 Å². The SMILES string of the molecule is CCCCCCCCNCc1cc(C)nc2ccccc12. The molecule has 2 rings (SSSR count). The molecule has 114 valence electrons. The molecule has 0 bridgehead atoms. The van der Waals surface area contributed by atoms with Crippen molar-refractivity contribution in [1.29, 1.82) is 0 Å². The third kappa shape index (κ3) is 5.13. The van der Waals surface area contributed by atoms with Gasteiger partial charge in [0.2, 0.25) is 0 Å². The van der Waals surface area contributed by atoms with E-state index in [9.17, 15) is 0 Å². The highest BCUT2D eigenvalue weighted by molar-refractivity contribution is 5.82. The molecule has 2 aromatic rings. The third-order valence-electron chi connectivity index (χ3n) is 3.95. The summed E-state index contributed by atoms with van der Waals surface area (Å²) in [5.74, 6) is 0. The molecule has 0 atom stereocenters. The summed E-state index contributed by atoms with van der Waals surface area (Å²) in [6.45, 7) is 6.40. The molecule has 0 amide bonds. The molecule has 0 radical (unpaired) electrons. The Bertz CT molecular complexity index is 548. The number of rotatable bonds is 9. The molecule has 2 nitrogen and oxygen atoms in total. The number of unbranched alkanes of at least 4 members (excludes halogenated alkanes) is 5. The van der Waals surface area contributed by atoms with Gasteiger partial charge in [-0.25, -0.2) is 0 Å². The maximum Gasteiger partial charge on any atom is 0.0708 e. The first-order valence-electron chi connectivity index (χ1n) is 8.37. The summed E-state index contributed by atoms with van der Waals surface area (Å²) in [5.41, 5.74) is 3.57. The summed E-state index contributed by atoms with van der Waals surface area (Å²) in [4.78, 5) is 4.59. The number of nitrogens with one attached hydrogen (secondary N) is 1. The number of pyridine rings is 1. The molecule has 2 heteroatoms. The van der Waals surface area contributed by atoms with Gasteiger partial charge in [-0.2, -0.15) is 0 Å². The van der Waals surface area contributed by atoms with E-state index in [0.29, 0.717) is 0 Å². The van der Waals surface area contributed by atoms with E-state index in [-0.39, 0.29) is 0 Å². The third-order valence-corrected chi connectivity index (χ3v) is 3.95. The molecular formula is C19H28N2. The van der Waals surface area contributed by atoms with Crippen molar-refractivity contribution in [2.75, 3.05) is 6.54 Å². The van der Waals surface area contributed by atoms with Gasteiger partial charge in [0.05, 0.1) is 5.52 Å². The van der Waals surface area contributed by atoms with E-state index < -0.39 is 0 Å². The van der Waals surface area contributed by atoms with Gasteiger partial charge in [0, 0.05) is 17.6 Å². The fraction of sp³-hybridized carbons (Fsp3) is 0.526. The lowest BCUT2D eigenvalue weighted by atomic mass is 10.1. The van der Waals surface area contributed by atoms with Gasteiger partial charge in [-0.1, -0.05) is 57.2 Å². The number of aryl methyl sites for hydroxylation is 1. The van der Waals surface area contributed by atoms with Gasteiger partial charge in [0.25, 0.3) is 0 Å². The normalized spacial score (nSPS) is 11.1. The minimum Gasteiger partial charge on any atom is -0.313 e. The topological polar surface area (TPSA) is 24.9 Å². The smallest absolute Gasteiger partial charge is 0.0708 e. The second-order valence-corrected chi connectivity index (χ2v) is 5.88. The Morgan fingerprint density at radius 2 is 1.76 bits per heavy atom. The lowest BCUT2D eigenvalue weighted by molar-refractivity contribution is 0.572. The van der Waals surface area contributed by atoms with Crippen LogP contribution in [0.5, 0.6) is 0 Å². The molecule has 0 fully saturated rings. The maximum atomic E-state index is 4.59. The largest absolute Gasteiger partial charge is 0.313 e. The molecule has 0 saturated carbocycles. The van der Waals surface area contributed by atoms with Crippen molar-refractivity contribution in [2.24, 2.45) is 0 Å². The molecule has 0 unspecified atom stereocenters. The van der Waals surface area contributed by atoms with Crippen LogP contribution in [-0.4, -0.2) is 11.5 Å². The predicted molar refractivity (Wildman–Crippen MR) is 91.6 cm³/mol. The minimum absolute atomic E-state index is 0.943. The highest BCUT2D eigenvalue weighted by Gasteiger charge is 2.03. The van der Waals surface area contributed by atoms with Crippen LogP contribution in [0.3, 0.4) is 0 Å². The van der Waals surface area contributed by atoms with E-state index >= 15 is 0 Å². The van der Waals surface area contributed by atoms with Gasteiger partial charge < -0.3 is 5.32 Å². The molecule has 0 saturated heterocycles. The van der Waals surface area contributed by atoms with E-state index in [1.807, 2.05) is 0 Å². The Hall–Kier alpha value is -1.41. The van der Waals surface area contributed by atoms with Crippen LogP contribution in [0.15, 0.2) is 30.3 Å². The number of nitrogens with zero attached hydrogens (tertiary/aromatic N) is 1. The molecule has 0 aliphatic heterocycles. The van der Waals surface area contributed by atoms with E-state index in [1.165, 1.54) is 49.5 Å². The second kappa shape index (κ2) is 8.78. The van der Waals surface area contributed by atoms with Gasteiger partial charge in [-0.05, 0) is 37.6 Å². The minimum atomic E-state index is 0.943. The average Bonchev–Trinajstić information content (AvgIpc) is 2.49. The average molecular weight is 284 g/mol. The monoisotopic (exact) mass is 284 g/mol. The first kappa shape index (κ1) is 16.0. The summed E-state index contributed by atoms with van der Waals surface area (Å²) < 4.78 is 0. The lowest BCUT2D eigenvalue weighted by Gasteiger charge is -2.09. The molecule has 0 spiro atoms. The number of fused-ring (bicyclic) bond motifs is 1. The van der Waals surface area contributed by atoms with Crippen LogP contribution in [0.1, 0.15) is 56.7 Å². The van der Waals surface area contributed by atoms with Crippen molar-refractivity contribution in [3.63, 3.8) is 0 Å². The molecular weight excluding hydrogens is 256 g/mol. The van der Waals surface area contributed by atoms with E-state index in [4.69, 9.17) is 0 Å². The molecule has 0 aliphatic carbocycles. The number of aromatic nitrogens is 1. The van der Waals surface area contributed by atoms with Crippen LogP contribution in [0.2, 0.25) is 0 Å². The Kier molecular flexibility index (Phi) is 6.68. The Labute approximate surface area is 129 Å². The maximum absolute atomic E-state index is 4.59. The highest BCUT2D eigenvalue weighted by atomic mass is 14.8. The first-order valence-corrected chi connectivity index (χ1v) is 8.37. The van der Waals surface area contributed by atoms with Crippen molar-refractivity contribution in [2.45, 2.75) is 58.9 Å². The standard InChI is InChI=1S/C19H28N2/c1-3-4-5-6-7-10-13-20-15-17-14-16(2)21-19-12-9-8-11-18(17)19/h8-9,11-12,14,20H,3-7,10,13,15H2,1-2H3. The van der Waals surface area contributed by atoms with Gasteiger partial charge in [0.1, 0.15) is 0 Å². The second-order valence-electron chi connectivity index (χ2n) is 5.88. The lowest BCUT2D eigenvalue weighted by Crippen LogP contribution is -2.15. The van der Waals surface area contributed by atoms with Crippen LogP contribution in [0, 0.1) is 6.92 Å². The first-order chi connectivity index (χ1) is 10.3. The van der Waals surface area contributed by atoms with Gasteiger partial charge >= 0.3 is 0 Å². The summed E-state index contributed by atoms with van der Waals surface area (Å²) in [5, 5.41) is 4.86. The summed E-state index contributed by atoms with van der Waals surface area (Å²) in [6.07, 6.45) is 8.12. The molecule has 1 heterocycles. The van der Waals surface area contributed by atoms with Gasteiger partial charge in [-0.15, -0.1) is 0 Å². The number of para-hydroxylation sites is 1. The van der Waals surface area contributed by atoms with Crippen LogP contribution in [0.25, 0.3) is 10.9 Å². The van der Waals surface area contributed by atoms with Crippen LogP contribution < -0.4 is 5.32 Å². The van der Waals surface area contributed by atoms with Gasteiger partial charge in [0.15, 0.2) is 0 Å². The molecule has 0 aliphatic rings. The molecule has 1 N–H and O–H groups in total. The highest BCUT2D eigenvalue weighted by Crippen LogP contribution is 2.18. The Balaban J connectivity index is 1.78. The van der Waals surface area contributed by atoms with Crippen molar-refractivity contribution >= 4 is 10.9 Å². The molecule has 21 heavy (non-hydrogen) atoms. The predicted octanol–water partition coefficient (Wildman–Crippen LogP) is 4.99. The zero-order chi connectivity index (χ0) is 14.9. The number of benzene rings is 1. The number of hydrogen-bond donors (Lipinski definition) is 1.